The van der Waals surface area contributed by atoms with Crippen molar-refractivity contribution in [2.24, 2.45) is 0 Å². The highest BCUT2D eigenvalue weighted by atomic mass is 16.5. The molecule has 0 saturated carbocycles. The highest BCUT2D eigenvalue weighted by molar-refractivity contribution is 5.70. The van der Waals surface area contributed by atoms with E-state index in [0.29, 0.717) is 13.0 Å². The zero-order chi connectivity index (χ0) is 8.81. The summed E-state index contributed by atoms with van der Waals surface area (Å²) in [6, 6.07) is 0.272. The molecule has 3 nitrogen and oxygen atoms in total. The zero-order valence-electron chi connectivity index (χ0n) is 7.38. The van der Waals surface area contributed by atoms with Crippen molar-refractivity contribution in [2.45, 2.75) is 32.2 Å². The van der Waals surface area contributed by atoms with E-state index < -0.39 is 0 Å². The second-order valence-electron chi connectivity index (χ2n) is 2.85. The summed E-state index contributed by atoms with van der Waals surface area (Å²) in [6.07, 6.45) is 6.54. The SMILES string of the molecule is CCOC(=O)CC1CCC=CN1. The van der Waals surface area contributed by atoms with Gasteiger partial charge in [-0.3, -0.25) is 4.79 Å². The van der Waals surface area contributed by atoms with Gasteiger partial charge in [-0.2, -0.15) is 0 Å². The standard InChI is InChI=1S/C9H15NO2/c1-2-12-9(11)7-8-5-3-4-6-10-8/h4,6,8,10H,2-3,5,7H2,1H3. The number of esters is 1. The lowest BCUT2D eigenvalue weighted by molar-refractivity contribution is -0.143. The van der Waals surface area contributed by atoms with Crippen LogP contribution in [0.1, 0.15) is 26.2 Å². The van der Waals surface area contributed by atoms with Gasteiger partial charge in [0.1, 0.15) is 0 Å². The molecule has 0 bridgehead atoms. The number of carbonyl (C=O) groups is 1. The number of nitrogens with one attached hydrogen (secondary N) is 1. The summed E-state index contributed by atoms with van der Waals surface area (Å²) in [7, 11) is 0. The van der Waals surface area contributed by atoms with Gasteiger partial charge in [-0.15, -0.1) is 0 Å². The summed E-state index contributed by atoms with van der Waals surface area (Å²) in [5, 5.41) is 3.13. The molecule has 0 aromatic heterocycles. The average Bonchev–Trinajstić information content (AvgIpc) is 2.06. The highest BCUT2D eigenvalue weighted by Gasteiger charge is 2.13. The third-order valence-electron chi connectivity index (χ3n) is 1.85. The molecule has 1 aliphatic heterocycles. The fraction of sp³-hybridized carbons (Fsp3) is 0.667. The topological polar surface area (TPSA) is 38.3 Å². The summed E-state index contributed by atoms with van der Waals surface area (Å²) in [5.41, 5.74) is 0. The van der Waals surface area contributed by atoms with Gasteiger partial charge in [0.25, 0.3) is 0 Å². The van der Waals surface area contributed by atoms with E-state index in [9.17, 15) is 4.79 Å². The first kappa shape index (κ1) is 9.10. The third kappa shape index (κ3) is 2.95. The summed E-state index contributed by atoms with van der Waals surface area (Å²) < 4.78 is 4.84. The lowest BCUT2D eigenvalue weighted by Gasteiger charge is -2.18. The number of hydrogen-bond acceptors (Lipinski definition) is 3. The fourth-order valence-corrected chi connectivity index (χ4v) is 1.25. The Morgan fingerprint density at radius 3 is 3.17 bits per heavy atom. The van der Waals surface area contributed by atoms with Crippen molar-refractivity contribution in [3.63, 3.8) is 0 Å². The van der Waals surface area contributed by atoms with Gasteiger partial charge in [-0.05, 0) is 26.0 Å². The Morgan fingerprint density at radius 2 is 2.58 bits per heavy atom. The van der Waals surface area contributed by atoms with E-state index in [1.807, 2.05) is 13.1 Å². The summed E-state index contributed by atoms with van der Waals surface area (Å²) in [4.78, 5) is 11.0. The Balaban J connectivity index is 2.21. The molecule has 1 rings (SSSR count). The van der Waals surface area contributed by atoms with Crippen molar-refractivity contribution in [3.8, 4) is 0 Å². The van der Waals surface area contributed by atoms with E-state index in [4.69, 9.17) is 4.74 Å². The fourth-order valence-electron chi connectivity index (χ4n) is 1.25. The van der Waals surface area contributed by atoms with Crippen LogP contribution in [0.4, 0.5) is 0 Å². The maximum Gasteiger partial charge on any atom is 0.307 e. The molecule has 68 valence electrons. The Hall–Kier alpha value is -0.990. The number of ether oxygens (including phenoxy) is 1. The molecule has 1 heterocycles. The summed E-state index contributed by atoms with van der Waals surface area (Å²) in [5.74, 6) is -0.106. The van der Waals surface area contributed by atoms with Gasteiger partial charge in [0.15, 0.2) is 0 Å². The van der Waals surface area contributed by atoms with Gasteiger partial charge in [-0.1, -0.05) is 6.08 Å². The molecule has 0 aromatic rings. The minimum atomic E-state index is -0.106. The molecule has 0 radical (unpaired) electrons. The van der Waals surface area contributed by atoms with Gasteiger partial charge in [0.05, 0.1) is 13.0 Å². The molecule has 0 saturated heterocycles. The van der Waals surface area contributed by atoms with Crippen molar-refractivity contribution in [1.82, 2.24) is 5.32 Å². The predicted molar refractivity (Wildman–Crippen MR) is 46.5 cm³/mol. The van der Waals surface area contributed by atoms with E-state index in [2.05, 4.69) is 11.4 Å². The molecule has 0 amide bonds. The average molecular weight is 169 g/mol. The normalized spacial score (nSPS) is 21.6. The van der Waals surface area contributed by atoms with Gasteiger partial charge >= 0.3 is 5.97 Å². The third-order valence-corrected chi connectivity index (χ3v) is 1.85. The van der Waals surface area contributed by atoms with Crippen LogP contribution in [0.5, 0.6) is 0 Å². The Morgan fingerprint density at radius 1 is 1.75 bits per heavy atom. The van der Waals surface area contributed by atoms with E-state index in [0.717, 1.165) is 12.8 Å². The molecule has 1 aliphatic rings. The van der Waals surface area contributed by atoms with Crippen LogP contribution in [0.15, 0.2) is 12.3 Å². The van der Waals surface area contributed by atoms with Gasteiger partial charge < -0.3 is 10.1 Å². The molecule has 1 unspecified atom stereocenters. The molecule has 1 N–H and O–H groups in total. The predicted octanol–water partition coefficient (Wildman–Crippen LogP) is 1.21. The highest BCUT2D eigenvalue weighted by Crippen LogP contribution is 2.08. The van der Waals surface area contributed by atoms with Crippen LogP contribution in [0.3, 0.4) is 0 Å². The first-order valence-electron chi connectivity index (χ1n) is 4.39. The second-order valence-corrected chi connectivity index (χ2v) is 2.85. The molecule has 0 aromatic carbocycles. The second kappa shape index (κ2) is 4.80. The van der Waals surface area contributed by atoms with Crippen molar-refractivity contribution in [1.29, 1.82) is 0 Å². The van der Waals surface area contributed by atoms with Crippen LogP contribution >= 0.6 is 0 Å². The molecular formula is C9H15NO2. The van der Waals surface area contributed by atoms with Crippen molar-refractivity contribution in [2.75, 3.05) is 6.61 Å². The smallest absolute Gasteiger partial charge is 0.307 e. The van der Waals surface area contributed by atoms with Crippen LogP contribution in [0.25, 0.3) is 0 Å². The first-order valence-corrected chi connectivity index (χ1v) is 4.39. The zero-order valence-corrected chi connectivity index (χ0v) is 7.38. The molecule has 1 atom stereocenters. The molecule has 3 heteroatoms. The molecule has 0 spiro atoms. The minimum Gasteiger partial charge on any atom is -0.466 e. The summed E-state index contributed by atoms with van der Waals surface area (Å²) >= 11 is 0. The maximum atomic E-state index is 11.0. The van der Waals surface area contributed by atoms with Crippen molar-refractivity contribution >= 4 is 5.97 Å². The van der Waals surface area contributed by atoms with E-state index in [1.54, 1.807) is 0 Å². The van der Waals surface area contributed by atoms with Crippen molar-refractivity contribution < 1.29 is 9.53 Å². The lowest BCUT2D eigenvalue weighted by Crippen LogP contribution is -2.29. The van der Waals surface area contributed by atoms with Gasteiger partial charge in [0, 0.05) is 6.04 Å². The first-order chi connectivity index (χ1) is 5.83. The van der Waals surface area contributed by atoms with E-state index in [1.165, 1.54) is 0 Å². The maximum absolute atomic E-state index is 11.0. The Kier molecular flexibility index (Phi) is 3.64. The molecule has 12 heavy (non-hydrogen) atoms. The molecular weight excluding hydrogens is 154 g/mol. The number of hydrogen-bond donors (Lipinski definition) is 1. The summed E-state index contributed by atoms with van der Waals surface area (Å²) in [6.45, 7) is 2.30. The van der Waals surface area contributed by atoms with E-state index >= 15 is 0 Å². The lowest BCUT2D eigenvalue weighted by atomic mass is 10.1. The van der Waals surface area contributed by atoms with Crippen LogP contribution in [0, 0.1) is 0 Å². The molecule has 0 fully saturated rings. The number of rotatable bonds is 3. The van der Waals surface area contributed by atoms with E-state index in [-0.39, 0.29) is 12.0 Å². The van der Waals surface area contributed by atoms with Crippen LogP contribution in [-0.4, -0.2) is 18.6 Å². The molecule has 0 aliphatic carbocycles. The van der Waals surface area contributed by atoms with Crippen molar-refractivity contribution in [3.05, 3.63) is 12.3 Å². The van der Waals surface area contributed by atoms with Gasteiger partial charge in [-0.25, -0.2) is 0 Å². The van der Waals surface area contributed by atoms with Crippen LogP contribution < -0.4 is 5.32 Å². The Labute approximate surface area is 72.8 Å². The minimum absolute atomic E-state index is 0.106. The van der Waals surface area contributed by atoms with Gasteiger partial charge in [0.2, 0.25) is 0 Å². The Bertz CT molecular complexity index is 177. The van der Waals surface area contributed by atoms with Crippen LogP contribution in [-0.2, 0) is 9.53 Å². The number of allylic oxidation sites excluding steroid dienone is 1. The largest absolute Gasteiger partial charge is 0.466 e. The van der Waals surface area contributed by atoms with Crippen LogP contribution in [0.2, 0.25) is 0 Å². The number of carbonyl (C=O) groups excluding carboxylic acids is 1. The quantitative estimate of drug-likeness (QED) is 0.645. The monoisotopic (exact) mass is 169 g/mol.